The molecule has 5 rings (SSSR count). The first-order valence-corrected chi connectivity index (χ1v) is 9.98. The summed E-state index contributed by atoms with van der Waals surface area (Å²) in [5.41, 5.74) is 8.91. The Hall–Kier alpha value is -2.47. The number of benzene rings is 1. The molecule has 2 bridgehead atoms. The number of anilines is 2. The Balaban J connectivity index is 1.57. The molecule has 1 saturated carbocycles. The first-order valence-electron chi connectivity index (χ1n) is 9.98. The topological polar surface area (TPSA) is 84.1 Å². The SMILES string of the molecule is NCCC(=O)N1[C@H]2CC[C@H]1c1c(nc(C3CC3)nc1Nc1ccccc1)C2. The number of nitrogens with zero attached hydrogens (tertiary/aromatic N) is 3. The van der Waals surface area contributed by atoms with Gasteiger partial charge in [0.1, 0.15) is 11.6 Å². The van der Waals surface area contributed by atoms with Crippen molar-refractivity contribution in [2.24, 2.45) is 5.73 Å². The number of aromatic nitrogens is 2. The van der Waals surface area contributed by atoms with E-state index in [1.807, 2.05) is 30.3 Å². The van der Waals surface area contributed by atoms with Crippen LogP contribution in [0.3, 0.4) is 0 Å². The molecule has 3 aliphatic rings. The van der Waals surface area contributed by atoms with Gasteiger partial charge in [0, 0.05) is 42.6 Å². The summed E-state index contributed by atoms with van der Waals surface area (Å²) in [5, 5.41) is 3.52. The average Bonchev–Trinajstić information content (AvgIpc) is 3.47. The highest BCUT2D eigenvalue weighted by molar-refractivity contribution is 5.79. The van der Waals surface area contributed by atoms with E-state index in [0.29, 0.717) is 18.9 Å². The van der Waals surface area contributed by atoms with E-state index in [0.717, 1.165) is 47.8 Å². The molecule has 2 aliphatic heterocycles. The number of para-hydroxylation sites is 1. The summed E-state index contributed by atoms with van der Waals surface area (Å²) >= 11 is 0. The molecule has 6 heteroatoms. The Bertz CT molecular complexity index is 864. The minimum Gasteiger partial charge on any atom is -0.340 e. The fourth-order valence-corrected chi connectivity index (χ4v) is 4.54. The first kappa shape index (κ1) is 16.7. The highest BCUT2D eigenvalue weighted by atomic mass is 16.2. The van der Waals surface area contributed by atoms with Crippen molar-refractivity contribution in [2.45, 2.75) is 56.5 Å². The second-order valence-corrected chi connectivity index (χ2v) is 7.85. The van der Waals surface area contributed by atoms with E-state index in [1.165, 1.54) is 12.8 Å². The Morgan fingerprint density at radius 2 is 1.96 bits per heavy atom. The standard InChI is InChI=1S/C21H25N5O/c22-11-10-18(27)26-15-8-9-17(26)19-16(12-15)24-20(13-6-7-13)25-21(19)23-14-4-2-1-3-5-14/h1-5,13,15,17H,6-12,22H2,(H,23,24,25)/t15-,17-/m0/s1. The van der Waals surface area contributed by atoms with Crippen LogP contribution < -0.4 is 11.1 Å². The van der Waals surface area contributed by atoms with Crippen molar-refractivity contribution in [1.29, 1.82) is 0 Å². The zero-order valence-electron chi connectivity index (χ0n) is 15.4. The van der Waals surface area contributed by atoms with Crippen LogP contribution in [0.1, 0.15) is 61.1 Å². The molecule has 2 aromatic rings. The zero-order valence-corrected chi connectivity index (χ0v) is 15.4. The number of nitrogens with one attached hydrogen (secondary N) is 1. The maximum atomic E-state index is 12.7. The fourth-order valence-electron chi connectivity index (χ4n) is 4.54. The van der Waals surface area contributed by atoms with Crippen molar-refractivity contribution in [2.75, 3.05) is 11.9 Å². The molecule has 0 spiro atoms. The highest BCUT2D eigenvalue weighted by Crippen LogP contribution is 2.48. The van der Waals surface area contributed by atoms with Crippen LogP contribution >= 0.6 is 0 Å². The van der Waals surface area contributed by atoms with Gasteiger partial charge in [-0.15, -0.1) is 0 Å². The Kier molecular flexibility index (Phi) is 4.08. The number of nitrogens with two attached hydrogens (primary N) is 1. The van der Waals surface area contributed by atoms with Crippen molar-refractivity contribution in [3.63, 3.8) is 0 Å². The summed E-state index contributed by atoms with van der Waals surface area (Å²) < 4.78 is 0. The number of hydrogen-bond acceptors (Lipinski definition) is 5. The predicted molar refractivity (Wildman–Crippen MR) is 104 cm³/mol. The van der Waals surface area contributed by atoms with E-state index in [-0.39, 0.29) is 18.0 Å². The largest absolute Gasteiger partial charge is 0.340 e. The van der Waals surface area contributed by atoms with Gasteiger partial charge in [0.15, 0.2) is 0 Å². The van der Waals surface area contributed by atoms with Gasteiger partial charge in [0.2, 0.25) is 5.91 Å². The number of rotatable bonds is 5. The molecule has 2 fully saturated rings. The molecule has 1 aliphatic carbocycles. The molecule has 140 valence electrons. The van der Waals surface area contributed by atoms with Crippen LogP contribution in [-0.2, 0) is 11.2 Å². The van der Waals surface area contributed by atoms with Gasteiger partial charge in [0.25, 0.3) is 0 Å². The molecule has 1 amide bonds. The highest BCUT2D eigenvalue weighted by Gasteiger charge is 2.45. The molecule has 3 N–H and O–H groups in total. The molecule has 2 atom stereocenters. The monoisotopic (exact) mass is 363 g/mol. The third-order valence-corrected chi connectivity index (χ3v) is 5.93. The molecule has 0 radical (unpaired) electrons. The third kappa shape index (κ3) is 2.98. The van der Waals surface area contributed by atoms with Crippen LogP contribution in [0.5, 0.6) is 0 Å². The molecule has 0 unspecified atom stereocenters. The molecular formula is C21H25N5O. The molecular weight excluding hydrogens is 338 g/mol. The quantitative estimate of drug-likeness (QED) is 0.853. The molecule has 27 heavy (non-hydrogen) atoms. The first-order chi connectivity index (χ1) is 13.2. The van der Waals surface area contributed by atoms with E-state index in [4.69, 9.17) is 15.7 Å². The van der Waals surface area contributed by atoms with Crippen molar-refractivity contribution in [3.05, 3.63) is 47.4 Å². The lowest BCUT2D eigenvalue weighted by Gasteiger charge is -2.37. The average molecular weight is 363 g/mol. The van der Waals surface area contributed by atoms with Crippen LogP contribution in [0, 0.1) is 0 Å². The van der Waals surface area contributed by atoms with Gasteiger partial charge < -0.3 is 16.0 Å². The van der Waals surface area contributed by atoms with Crippen molar-refractivity contribution < 1.29 is 4.79 Å². The Morgan fingerprint density at radius 1 is 1.15 bits per heavy atom. The van der Waals surface area contributed by atoms with Gasteiger partial charge in [-0.2, -0.15) is 0 Å². The van der Waals surface area contributed by atoms with Gasteiger partial charge in [-0.25, -0.2) is 9.97 Å². The molecule has 1 aromatic heterocycles. The van der Waals surface area contributed by atoms with Crippen LogP contribution in [0.2, 0.25) is 0 Å². The molecule has 1 saturated heterocycles. The van der Waals surface area contributed by atoms with E-state index >= 15 is 0 Å². The van der Waals surface area contributed by atoms with Crippen molar-refractivity contribution >= 4 is 17.4 Å². The maximum absolute atomic E-state index is 12.7. The second-order valence-electron chi connectivity index (χ2n) is 7.85. The Labute approximate surface area is 159 Å². The zero-order chi connectivity index (χ0) is 18.4. The lowest BCUT2D eigenvalue weighted by atomic mass is 9.97. The van der Waals surface area contributed by atoms with Gasteiger partial charge in [-0.3, -0.25) is 4.79 Å². The van der Waals surface area contributed by atoms with Crippen molar-refractivity contribution in [3.8, 4) is 0 Å². The van der Waals surface area contributed by atoms with Gasteiger partial charge in [-0.1, -0.05) is 18.2 Å². The summed E-state index contributed by atoms with van der Waals surface area (Å²) in [7, 11) is 0. The summed E-state index contributed by atoms with van der Waals surface area (Å²) in [4.78, 5) is 24.6. The van der Waals surface area contributed by atoms with Gasteiger partial charge >= 0.3 is 0 Å². The van der Waals surface area contributed by atoms with Crippen LogP contribution in [0.25, 0.3) is 0 Å². The molecule has 6 nitrogen and oxygen atoms in total. The number of carbonyl (C=O) groups excluding carboxylic acids is 1. The fraction of sp³-hybridized carbons (Fsp3) is 0.476. The normalized spacial score (nSPS) is 23.2. The third-order valence-electron chi connectivity index (χ3n) is 5.93. The maximum Gasteiger partial charge on any atom is 0.224 e. The minimum absolute atomic E-state index is 0.0669. The Morgan fingerprint density at radius 3 is 2.70 bits per heavy atom. The molecule has 3 heterocycles. The predicted octanol–water partition coefficient (Wildman–Crippen LogP) is 3.03. The summed E-state index contributed by atoms with van der Waals surface area (Å²) in [6.07, 6.45) is 5.60. The van der Waals surface area contributed by atoms with Gasteiger partial charge in [0.05, 0.1) is 11.7 Å². The van der Waals surface area contributed by atoms with Crippen molar-refractivity contribution in [1.82, 2.24) is 14.9 Å². The van der Waals surface area contributed by atoms with E-state index in [1.54, 1.807) is 0 Å². The lowest BCUT2D eigenvalue weighted by molar-refractivity contribution is -0.134. The minimum atomic E-state index is 0.0669. The summed E-state index contributed by atoms with van der Waals surface area (Å²) in [6, 6.07) is 10.4. The van der Waals surface area contributed by atoms with E-state index in [2.05, 4.69) is 10.2 Å². The summed E-state index contributed by atoms with van der Waals surface area (Å²) in [6.45, 7) is 0.397. The van der Waals surface area contributed by atoms with E-state index in [9.17, 15) is 4.79 Å². The van der Waals surface area contributed by atoms with Gasteiger partial charge in [-0.05, 0) is 37.8 Å². The van der Waals surface area contributed by atoms with Crippen LogP contribution in [0.15, 0.2) is 30.3 Å². The smallest absolute Gasteiger partial charge is 0.224 e. The summed E-state index contributed by atoms with van der Waals surface area (Å²) in [5.74, 6) is 2.51. The van der Waals surface area contributed by atoms with E-state index < -0.39 is 0 Å². The number of hydrogen-bond donors (Lipinski definition) is 2. The molecule has 1 aromatic carbocycles. The van der Waals surface area contributed by atoms with Crippen LogP contribution in [0.4, 0.5) is 11.5 Å². The van der Waals surface area contributed by atoms with Crippen LogP contribution in [-0.4, -0.2) is 33.4 Å². The number of amides is 1. The number of fused-ring (bicyclic) bond motifs is 4. The number of carbonyl (C=O) groups is 1. The lowest BCUT2D eigenvalue weighted by Crippen LogP contribution is -2.43. The second kappa shape index (κ2) is 6.60.